The maximum absolute atomic E-state index is 11.3. The van der Waals surface area contributed by atoms with Crippen LogP contribution in [-0.2, 0) is 0 Å². The van der Waals surface area contributed by atoms with Crippen LogP contribution in [0, 0.1) is 0 Å². The maximum atomic E-state index is 11.3. The molecule has 0 aromatic carbocycles. The molecule has 0 aliphatic rings. The molecule has 3 nitrogen and oxygen atoms in total. The fraction of sp³-hybridized carbons (Fsp3) is 0.917. The number of unbranched alkanes of at least 4 members (excludes halogenated alkanes) is 3. The second-order valence-corrected chi connectivity index (χ2v) is 4.52. The number of carbonyl (C=O) groups is 1. The number of amides is 2. The van der Waals surface area contributed by atoms with Gasteiger partial charge in [-0.3, -0.25) is 0 Å². The van der Waals surface area contributed by atoms with Crippen LogP contribution in [0.5, 0.6) is 0 Å². The van der Waals surface area contributed by atoms with Gasteiger partial charge in [-0.1, -0.05) is 32.6 Å². The van der Waals surface area contributed by atoms with Gasteiger partial charge in [0.05, 0.1) is 0 Å². The van der Waals surface area contributed by atoms with Crippen LogP contribution in [0.1, 0.15) is 59.8 Å². The number of hydrogen-bond acceptors (Lipinski definition) is 1. The Balaban J connectivity index is 3.46. The van der Waals surface area contributed by atoms with Crippen LogP contribution in [0.3, 0.4) is 0 Å². The fourth-order valence-electron chi connectivity index (χ4n) is 1.48. The van der Waals surface area contributed by atoms with E-state index in [9.17, 15) is 4.79 Å². The molecule has 0 unspecified atom stereocenters. The largest absolute Gasteiger partial charge is 0.336 e. The van der Waals surface area contributed by atoms with Crippen molar-refractivity contribution in [1.29, 1.82) is 0 Å². The van der Waals surface area contributed by atoms with Crippen LogP contribution in [0.4, 0.5) is 4.79 Å². The highest BCUT2D eigenvalue weighted by Crippen LogP contribution is 2.04. The molecule has 0 saturated heterocycles. The molecule has 0 fully saturated rings. The van der Waals surface area contributed by atoms with E-state index < -0.39 is 0 Å². The first kappa shape index (κ1) is 14.3. The zero-order valence-electron chi connectivity index (χ0n) is 10.6. The predicted octanol–water partition coefficient (Wildman–Crippen LogP) is 3.05. The molecule has 1 atom stereocenters. The van der Waals surface area contributed by atoms with Crippen LogP contribution < -0.4 is 10.6 Å². The Bertz CT molecular complexity index is 169. The van der Waals surface area contributed by atoms with Crippen LogP contribution in [0.25, 0.3) is 0 Å². The van der Waals surface area contributed by atoms with Gasteiger partial charge in [-0.15, -0.1) is 0 Å². The van der Waals surface area contributed by atoms with Gasteiger partial charge < -0.3 is 10.6 Å². The highest BCUT2D eigenvalue weighted by atomic mass is 16.2. The molecule has 0 aliphatic heterocycles. The standard InChI is InChI=1S/C12H26N2O/c1-5-6-7-8-9-11(4)14-12(15)13-10(2)3/h10-11H,5-9H2,1-4H3,(H2,13,14,15)/t11-/m1/s1. The van der Waals surface area contributed by atoms with E-state index in [0.29, 0.717) is 0 Å². The molecule has 15 heavy (non-hydrogen) atoms. The van der Waals surface area contributed by atoms with Crippen molar-refractivity contribution in [3.05, 3.63) is 0 Å². The average Bonchev–Trinajstić information content (AvgIpc) is 2.10. The lowest BCUT2D eigenvalue weighted by Crippen LogP contribution is -2.43. The molecule has 2 amide bonds. The summed E-state index contributed by atoms with van der Waals surface area (Å²) in [5.74, 6) is 0. The van der Waals surface area contributed by atoms with Crippen molar-refractivity contribution >= 4 is 6.03 Å². The zero-order valence-corrected chi connectivity index (χ0v) is 10.6. The minimum Gasteiger partial charge on any atom is -0.336 e. The summed E-state index contributed by atoms with van der Waals surface area (Å²) < 4.78 is 0. The summed E-state index contributed by atoms with van der Waals surface area (Å²) in [5.41, 5.74) is 0. The molecule has 0 rings (SSSR count). The molecule has 0 aromatic rings. The maximum Gasteiger partial charge on any atom is 0.315 e. The Morgan fingerprint density at radius 2 is 1.73 bits per heavy atom. The van der Waals surface area contributed by atoms with Crippen molar-refractivity contribution < 1.29 is 4.79 Å². The summed E-state index contributed by atoms with van der Waals surface area (Å²) in [5, 5.41) is 5.76. The summed E-state index contributed by atoms with van der Waals surface area (Å²) in [6.45, 7) is 8.20. The molecule has 0 bridgehead atoms. The Kier molecular flexibility index (Phi) is 8.15. The van der Waals surface area contributed by atoms with E-state index in [1.807, 2.05) is 13.8 Å². The summed E-state index contributed by atoms with van der Waals surface area (Å²) in [4.78, 5) is 11.3. The van der Waals surface area contributed by atoms with Gasteiger partial charge in [0.2, 0.25) is 0 Å². The highest BCUT2D eigenvalue weighted by Gasteiger charge is 2.06. The van der Waals surface area contributed by atoms with Crippen molar-refractivity contribution in [2.45, 2.75) is 71.9 Å². The summed E-state index contributed by atoms with van der Waals surface area (Å²) in [6, 6.07) is 0.436. The van der Waals surface area contributed by atoms with Gasteiger partial charge in [0, 0.05) is 12.1 Å². The van der Waals surface area contributed by atoms with Crippen molar-refractivity contribution in [2.24, 2.45) is 0 Å². The normalized spacial score (nSPS) is 12.6. The zero-order chi connectivity index (χ0) is 11.7. The van der Waals surface area contributed by atoms with Gasteiger partial charge in [0.1, 0.15) is 0 Å². The fourth-order valence-corrected chi connectivity index (χ4v) is 1.48. The van der Waals surface area contributed by atoms with E-state index in [4.69, 9.17) is 0 Å². The molecular formula is C12H26N2O. The number of nitrogens with one attached hydrogen (secondary N) is 2. The summed E-state index contributed by atoms with van der Waals surface area (Å²) in [6.07, 6.45) is 6.11. The number of hydrogen-bond donors (Lipinski definition) is 2. The Morgan fingerprint density at radius 3 is 2.27 bits per heavy atom. The lowest BCUT2D eigenvalue weighted by atomic mass is 10.1. The SMILES string of the molecule is CCCCCC[C@@H](C)NC(=O)NC(C)C. The molecule has 0 aliphatic carbocycles. The van der Waals surface area contributed by atoms with E-state index in [0.717, 1.165) is 6.42 Å². The molecule has 0 aromatic heterocycles. The van der Waals surface area contributed by atoms with Crippen molar-refractivity contribution in [1.82, 2.24) is 10.6 Å². The van der Waals surface area contributed by atoms with Gasteiger partial charge in [-0.2, -0.15) is 0 Å². The second kappa shape index (κ2) is 8.57. The number of carbonyl (C=O) groups excluding carboxylic acids is 1. The van der Waals surface area contributed by atoms with Crippen LogP contribution in [0.15, 0.2) is 0 Å². The van der Waals surface area contributed by atoms with Gasteiger partial charge in [0.15, 0.2) is 0 Å². The van der Waals surface area contributed by atoms with Crippen LogP contribution >= 0.6 is 0 Å². The number of rotatable bonds is 7. The van der Waals surface area contributed by atoms with Gasteiger partial charge in [-0.25, -0.2) is 4.79 Å². The third-order valence-corrected chi connectivity index (χ3v) is 2.29. The lowest BCUT2D eigenvalue weighted by Gasteiger charge is -2.15. The second-order valence-electron chi connectivity index (χ2n) is 4.52. The molecular weight excluding hydrogens is 188 g/mol. The molecule has 0 spiro atoms. The molecule has 2 N–H and O–H groups in total. The third-order valence-electron chi connectivity index (χ3n) is 2.29. The Labute approximate surface area is 94.0 Å². The first-order valence-electron chi connectivity index (χ1n) is 6.13. The Morgan fingerprint density at radius 1 is 1.07 bits per heavy atom. The quantitative estimate of drug-likeness (QED) is 0.628. The topological polar surface area (TPSA) is 41.1 Å². The molecule has 0 heterocycles. The van der Waals surface area contributed by atoms with Crippen LogP contribution in [0.2, 0.25) is 0 Å². The lowest BCUT2D eigenvalue weighted by molar-refractivity contribution is 0.234. The summed E-state index contributed by atoms with van der Waals surface area (Å²) >= 11 is 0. The molecule has 90 valence electrons. The van der Waals surface area contributed by atoms with Crippen molar-refractivity contribution in [3.8, 4) is 0 Å². The van der Waals surface area contributed by atoms with E-state index in [1.165, 1.54) is 25.7 Å². The molecule has 3 heteroatoms. The smallest absolute Gasteiger partial charge is 0.315 e. The van der Waals surface area contributed by atoms with Gasteiger partial charge >= 0.3 is 6.03 Å². The molecule has 0 saturated carbocycles. The predicted molar refractivity (Wildman–Crippen MR) is 65.0 cm³/mol. The summed E-state index contributed by atoms with van der Waals surface area (Å²) in [7, 11) is 0. The molecule has 0 radical (unpaired) electrons. The van der Waals surface area contributed by atoms with Crippen molar-refractivity contribution in [2.75, 3.05) is 0 Å². The average molecular weight is 214 g/mol. The number of urea groups is 1. The van der Waals surface area contributed by atoms with Gasteiger partial charge in [0.25, 0.3) is 0 Å². The monoisotopic (exact) mass is 214 g/mol. The van der Waals surface area contributed by atoms with Gasteiger partial charge in [-0.05, 0) is 27.2 Å². The van der Waals surface area contributed by atoms with Crippen molar-refractivity contribution in [3.63, 3.8) is 0 Å². The Hall–Kier alpha value is -0.730. The third kappa shape index (κ3) is 9.57. The first-order chi connectivity index (χ1) is 7.06. The van der Waals surface area contributed by atoms with E-state index in [-0.39, 0.29) is 18.1 Å². The minimum absolute atomic E-state index is 0.0482. The van der Waals surface area contributed by atoms with Crippen LogP contribution in [-0.4, -0.2) is 18.1 Å². The minimum atomic E-state index is -0.0482. The highest BCUT2D eigenvalue weighted by molar-refractivity contribution is 5.74. The van der Waals surface area contributed by atoms with E-state index >= 15 is 0 Å². The van der Waals surface area contributed by atoms with E-state index in [1.54, 1.807) is 0 Å². The van der Waals surface area contributed by atoms with E-state index in [2.05, 4.69) is 24.5 Å². The first-order valence-corrected chi connectivity index (χ1v) is 6.13.